The number of amides is 1. The Labute approximate surface area is 138 Å². The van der Waals surface area contributed by atoms with Crippen LogP contribution in [0.5, 0.6) is 0 Å². The second-order valence-electron chi connectivity index (χ2n) is 5.15. The van der Waals surface area contributed by atoms with E-state index in [4.69, 9.17) is 16.3 Å². The summed E-state index contributed by atoms with van der Waals surface area (Å²) in [4.78, 5) is 13.8. The molecule has 1 amide bonds. The molecule has 23 heavy (non-hydrogen) atoms. The summed E-state index contributed by atoms with van der Waals surface area (Å²) < 4.78 is 5.82. The van der Waals surface area contributed by atoms with Gasteiger partial charge in [-0.15, -0.1) is 0 Å². The largest absolute Gasteiger partial charge is 0.623 e. The SMILES string of the molecule is COCN1C(=O)C[N+]([O-])=C(c2ccccc2)c2cc(Cl)ccc21. The number of carbonyl (C=O) groups excluding carboxylic acids is 1. The van der Waals surface area contributed by atoms with Crippen LogP contribution in [-0.2, 0) is 9.53 Å². The van der Waals surface area contributed by atoms with Gasteiger partial charge in [-0.2, -0.15) is 4.74 Å². The minimum absolute atomic E-state index is 0.0728. The van der Waals surface area contributed by atoms with Crippen molar-refractivity contribution in [1.29, 1.82) is 0 Å². The van der Waals surface area contributed by atoms with Crippen molar-refractivity contribution in [3.05, 3.63) is 69.9 Å². The molecule has 118 valence electrons. The lowest BCUT2D eigenvalue weighted by molar-refractivity contribution is -0.443. The number of ether oxygens (including phenoxy) is 1. The highest BCUT2D eigenvalue weighted by Gasteiger charge is 2.31. The molecule has 1 heterocycles. The van der Waals surface area contributed by atoms with Crippen molar-refractivity contribution >= 4 is 28.9 Å². The van der Waals surface area contributed by atoms with Crippen LogP contribution in [0.3, 0.4) is 0 Å². The van der Waals surface area contributed by atoms with Gasteiger partial charge in [0.2, 0.25) is 12.3 Å². The van der Waals surface area contributed by atoms with Gasteiger partial charge in [-0.1, -0.05) is 29.8 Å². The first-order chi connectivity index (χ1) is 11.1. The van der Waals surface area contributed by atoms with E-state index >= 15 is 0 Å². The Kier molecular flexibility index (Phi) is 4.32. The average molecular weight is 331 g/mol. The molecule has 2 aromatic carbocycles. The average Bonchev–Trinajstić information content (AvgIpc) is 2.63. The van der Waals surface area contributed by atoms with Gasteiger partial charge < -0.3 is 9.94 Å². The Balaban J connectivity index is 2.26. The summed E-state index contributed by atoms with van der Waals surface area (Å²) in [5.74, 6) is -0.323. The first kappa shape index (κ1) is 15.5. The van der Waals surface area contributed by atoms with E-state index < -0.39 is 0 Å². The molecule has 5 nitrogen and oxygen atoms in total. The van der Waals surface area contributed by atoms with Crippen molar-refractivity contribution in [2.45, 2.75) is 0 Å². The second-order valence-corrected chi connectivity index (χ2v) is 5.59. The maximum atomic E-state index is 12.6. The number of hydrogen-bond donors (Lipinski definition) is 0. The first-order valence-electron chi connectivity index (χ1n) is 7.08. The molecular formula is C17H15ClN2O3. The number of hydrogen-bond acceptors (Lipinski definition) is 3. The third kappa shape index (κ3) is 2.93. The van der Waals surface area contributed by atoms with E-state index in [1.165, 1.54) is 12.0 Å². The van der Waals surface area contributed by atoms with Gasteiger partial charge in [0.05, 0.1) is 11.3 Å². The number of nitrogens with zero attached hydrogens (tertiary/aromatic N) is 2. The molecule has 0 aliphatic carbocycles. The van der Waals surface area contributed by atoms with Gasteiger partial charge in [-0.25, -0.2) is 0 Å². The Morgan fingerprint density at radius 1 is 1.26 bits per heavy atom. The van der Waals surface area contributed by atoms with Crippen LogP contribution >= 0.6 is 11.6 Å². The van der Waals surface area contributed by atoms with Crippen LogP contribution < -0.4 is 4.90 Å². The van der Waals surface area contributed by atoms with Gasteiger partial charge in [0.1, 0.15) is 6.73 Å². The van der Waals surface area contributed by atoms with Crippen molar-refractivity contribution in [2.75, 3.05) is 25.3 Å². The van der Waals surface area contributed by atoms with Crippen LogP contribution in [0.4, 0.5) is 5.69 Å². The summed E-state index contributed by atoms with van der Waals surface area (Å²) in [6.07, 6.45) is 0. The van der Waals surface area contributed by atoms with Crippen molar-refractivity contribution in [3.8, 4) is 0 Å². The van der Waals surface area contributed by atoms with E-state index in [1.807, 2.05) is 30.3 Å². The molecule has 0 radical (unpaired) electrons. The van der Waals surface area contributed by atoms with Gasteiger partial charge >= 0.3 is 0 Å². The number of anilines is 1. The predicted octanol–water partition coefficient (Wildman–Crippen LogP) is 2.64. The topological polar surface area (TPSA) is 55.6 Å². The normalized spacial score (nSPS) is 14.7. The number of halogens is 1. The highest BCUT2D eigenvalue weighted by molar-refractivity contribution is 6.31. The standard InChI is InChI=1S/C17H15ClN2O3/c1-23-11-19-15-8-7-13(18)9-14(15)17(20(22)10-16(19)21)12-5-3-2-4-6-12/h2-9H,10-11H2,1H3. The molecule has 0 saturated carbocycles. The molecule has 1 aliphatic heterocycles. The predicted molar refractivity (Wildman–Crippen MR) is 89.0 cm³/mol. The lowest BCUT2D eigenvalue weighted by atomic mass is 10.0. The third-order valence-electron chi connectivity index (χ3n) is 3.64. The Morgan fingerprint density at radius 3 is 2.70 bits per heavy atom. The molecule has 0 saturated heterocycles. The second kappa shape index (κ2) is 6.40. The number of hydroxylamine groups is 1. The Bertz CT molecular complexity index is 775. The van der Waals surface area contributed by atoms with Gasteiger partial charge in [0.25, 0.3) is 5.91 Å². The van der Waals surface area contributed by atoms with E-state index in [0.29, 0.717) is 26.7 Å². The van der Waals surface area contributed by atoms with Crippen LogP contribution in [0.2, 0.25) is 5.02 Å². The van der Waals surface area contributed by atoms with Gasteiger partial charge in [-0.05, 0) is 30.3 Å². The molecule has 0 fully saturated rings. The van der Waals surface area contributed by atoms with E-state index in [-0.39, 0.29) is 19.2 Å². The summed E-state index contributed by atoms with van der Waals surface area (Å²) >= 11 is 6.12. The van der Waals surface area contributed by atoms with Gasteiger partial charge in [0.15, 0.2) is 0 Å². The highest BCUT2D eigenvalue weighted by Crippen LogP contribution is 2.29. The van der Waals surface area contributed by atoms with Gasteiger partial charge in [-0.3, -0.25) is 9.69 Å². The lowest BCUT2D eigenvalue weighted by Gasteiger charge is -2.20. The summed E-state index contributed by atoms with van der Waals surface area (Å²) in [6, 6.07) is 14.4. The number of benzodiazepines with no additional fused rings is 1. The summed E-state index contributed by atoms with van der Waals surface area (Å²) in [6.45, 7) is -0.205. The lowest BCUT2D eigenvalue weighted by Crippen LogP contribution is -2.36. The third-order valence-corrected chi connectivity index (χ3v) is 3.87. The first-order valence-corrected chi connectivity index (χ1v) is 7.46. The molecule has 0 atom stereocenters. The number of rotatable bonds is 3. The van der Waals surface area contributed by atoms with Crippen molar-refractivity contribution < 1.29 is 14.3 Å². The highest BCUT2D eigenvalue weighted by atomic mass is 35.5. The van der Waals surface area contributed by atoms with Gasteiger partial charge in [0, 0.05) is 17.7 Å². The van der Waals surface area contributed by atoms with Crippen LogP contribution in [-0.4, -0.2) is 36.7 Å². The fourth-order valence-electron chi connectivity index (χ4n) is 2.66. The quantitative estimate of drug-likeness (QED) is 0.642. The summed E-state index contributed by atoms with van der Waals surface area (Å²) in [5, 5.41) is 13.1. The molecule has 3 rings (SSSR count). The van der Waals surface area contributed by atoms with Crippen LogP contribution in [0.1, 0.15) is 11.1 Å². The number of fused-ring (bicyclic) bond motifs is 1. The smallest absolute Gasteiger partial charge is 0.295 e. The van der Waals surface area contributed by atoms with E-state index in [2.05, 4.69) is 0 Å². The molecule has 6 heteroatoms. The number of benzene rings is 2. The molecule has 0 unspecified atom stereocenters. The van der Waals surface area contributed by atoms with Crippen LogP contribution in [0.15, 0.2) is 48.5 Å². The van der Waals surface area contributed by atoms with Crippen molar-refractivity contribution in [2.24, 2.45) is 0 Å². The molecule has 0 aromatic heterocycles. The fourth-order valence-corrected chi connectivity index (χ4v) is 2.83. The molecular weight excluding hydrogens is 316 g/mol. The van der Waals surface area contributed by atoms with Crippen molar-refractivity contribution in [3.63, 3.8) is 0 Å². The van der Waals surface area contributed by atoms with E-state index in [1.54, 1.807) is 18.2 Å². The molecule has 1 aliphatic rings. The molecule has 0 bridgehead atoms. The minimum Gasteiger partial charge on any atom is -0.623 e. The summed E-state index contributed by atoms with van der Waals surface area (Å²) in [5.41, 5.74) is 2.38. The van der Waals surface area contributed by atoms with Crippen molar-refractivity contribution in [1.82, 2.24) is 0 Å². The van der Waals surface area contributed by atoms with Crippen LogP contribution in [0, 0.1) is 5.21 Å². The molecule has 0 spiro atoms. The zero-order valence-electron chi connectivity index (χ0n) is 12.5. The number of carbonyl (C=O) groups is 1. The fraction of sp³-hybridized carbons (Fsp3) is 0.176. The van der Waals surface area contributed by atoms with Crippen LogP contribution in [0.25, 0.3) is 0 Å². The maximum absolute atomic E-state index is 12.6. The Morgan fingerprint density at radius 2 is 2.00 bits per heavy atom. The minimum atomic E-state index is -0.323. The summed E-state index contributed by atoms with van der Waals surface area (Å²) in [7, 11) is 1.50. The zero-order chi connectivity index (χ0) is 16.4. The Hall–Kier alpha value is -2.37. The van der Waals surface area contributed by atoms with E-state index in [0.717, 1.165) is 5.56 Å². The molecule has 2 aromatic rings. The maximum Gasteiger partial charge on any atom is 0.295 e. The number of methoxy groups -OCH3 is 1. The van der Waals surface area contributed by atoms with E-state index in [9.17, 15) is 10.0 Å². The zero-order valence-corrected chi connectivity index (χ0v) is 13.3. The monoisotopic (exact) mass is 330 g/mol. The molecule has 0 N–H and O–H groups in total.